The third-order valence-corrected chi connectivity index (χ3v) is 6.69. The molecule has 1 aliphatic rings. The minimum Gasteiger partial charge on any atom is -0.331 e. The second kappa shape index (κ2) is 8.88. The molecule has 0 radical (unpaired) electrons. The maximum Gasteiger partial charge on any atom is 0.329 e. The minimum absolute atomic E-state index is 0.403. The highest BCUT2D eigenvalue weighted by Crippen LogP contribution is 2.21. The Hall–Kier alpha value is -3.36. The van der Waals surface area contributed by atoms with E-state index >= 15 is 0 Å². The fraction of sp³-hybridized carbons (Fsp3) is 0.292. The van der Waals surface area contributed by atoms with Gasteiger partial charge in [-0.15, -0.1) is 0 Å². The highest BCUT2D eigenvalue weighted by Gasteiger charge is 2.27. The normalized spacial score (nSPS) is 14.8. The molecule has 0 spiro atoms. The lowest BCUT2D eigenvalue weighted by Gasteiger charge is -2.33. The molecule has 0 amide bonds. The van der Waals surface area contributed by atoms with Gasteiger partial charge in [-0.3, -0.25) is 18.9 Å². The van der Waals surface area contributed by atoms with Crippen molar-refractivity contribution in [1.82, 2.24) is 19.1 Å². The summed E-state index contributed by atoms with van der Waals surface area (Å²) in [4.78, 5) is 35.8. The summed E-state index contributed by atoms with van der Waals surface area (Å²) < 4.78 is 3.34. The van der Waals surface area contributed by atoms with Crippen molar-refractivity contribution in [2.45, 2.75) is 13.1 Å². The van der Waals surface area contributed by atoms with Crippen molar-refractivity contribution >= 4 is 28.7 Å². The van der Waals surface area contributed by atoms with E-state index in [1.807, 2.05) is 53.1 Å². The number of aromatic amines is 1. The standard InChI is InChI=1S/C24H25ClN6O2/c1-28-21-20(22(32)27-24(28)33)31(15-17-7-3-2-4-8-17)23(26-21)30-13-11-29(12-14-30)16-18-9-5-6-10-19(18)25/h2-10H,11-16H2,1H3,(H,27,32,33)/p+1. The van der Waals surface area contributed by atoms with Crippen LogP contribution in [0.5, 0.6) is 0 Å². The van der Waals surface area contributed by atoms with Crippen LogP contribution in [0.15, 0.2) is 64.2 Å². The predicted molar refractivity (Wildman–Crippen MR) is 129 cm³/mol. The molecule has 0 atom stereocenters. The van der Waals surface area contributed by atoms with E-state index < -0.39 is 11.2 Å². The molecule has 0 aliphatic carbocycles. The van der Waals surface area contributed by atoms with E-state index in [2.05, 4.69) is 16.0 Å². The Labute approximate surface area is 195 Å². The summed E-state index contributed by atoms with van der Waals surface area (Å²) in [7, 11) is 1.63. The largest absolute Gasteiger partial charge is 0.331 e. The SMILES string of the molecule is Cn1c(=O)[nH]c(=O)c2c1nc(N1CC[NH+](Cc3ccccc3Cl)CC1)n2Cc1ccccc1. The highest BCUT2D eigenvalue weighted by atomic mass is 35.5. The number of halogens is 1. The molecule has 8 nitrogen and oxygen atoms in total. The summed E-state index contributed by atoms with van der Waals surface area (Å²) in [5.41, 5.74) is 2.17. The Morgan fingerprint density at radius 2 is 1.73 bits per heavy atom. The van der Waals surface area contributed by atoms with Gasteiger partial charge in [-0.05, 0) is 11.6 Å². The molecule has 2 aromatic heterocycles. The van der Waals surface area contributed by atoms with Crippen LogP contribution in [0.1, 0.15) is 11.1 Å². The maximum absolute atomic E-state index is 12.8. The van der Waals surface area contributed by atoms with Crippen LogP contribution in [-0.2, 0) is 20.1 Å². The summed E-state index contributed by atoms with van der Waals surface area (Å²) in [6.07, 6.45) is 0. The molecule has 1 saturated heterocycles. The second-order valence-corrected chi connectivity index (χ2v) is 8.89. The van der Waals surface area contributed by atoms with Crippen molar-refractivity contribution < 1.29 is 4.90 Å². The number of hydrogen-bond acceptors (Lipinski definition) is 4. The minimum atomic E-state index is -0.461. The van der Waals surface area contributed by atoms with E-state index in [-0.39, 0.29) is 0 Å². The number of piperazine rings is 1. The zero-order valence-electron chi connectivity index (χ0n) is 18.4. The van der Waals surface area contributed by atoms with Crippen molar-refractivity contribution in [1.29, 1.82) is 0 Å². The third kappa shape index (κ3) is 4.19. The van der Waals surface area contributed by atoms with Crippen LogP contribution in [0.3, 0.4) is 0 Å². The smallest absolute Gasteiger partial charge is 0.329 e. The molecule has 33 heavy (non-hydrogen) atoms. The number of aromatic nitrogens is 4. The number of quaternary nitrogens is 1. The van der Waals surface area contributed by atoms with E-state index in [0.29, 0.717) is 17.7 Å². The summed E-state index contributed by atoms with van der Waals surface area (Å²) >= 11 is 6.36. The molecule has 0 unspecified atom stereocenters. The van der Waals surface area contributed by atoms with Gasteiger partial charge in [-0.2, -0.15) is 4.98 Å². The van der Waals surface area contributed by atoms with Crippen molar-refractivity contribution in [2.75, 3.05) is 31.1 Å². The Bertz CT molecular complexity index is 1400. The topological polar surface area (TPSA) is 80.4 Å². The van der Waals surface area contributed by atoms with Gasteiger partial charge >= 0.3 is 5.69 Å². The Morgan fingerprint density at radius 3 is 2.45 bits per heavy atom. The summed E-state index contributed by atoms with van der Waals surface area (Å²) in [6.45, 7) is 4.82. The molecule has 2 N–H and O–H groups in total. The second-order valence-electron chi connectivity index (χ2n) is 8.48. The number of fused-ring (bicyclic) bond motifs is 1. The van der Waals surface area contributed by atoms with Crippen molar-refractivity contribution in [3.8, 4) is 0 Å². The van der Waals surface area contributed by atoms with Gasteiger partial charge in [0.05, 0.1) is 32.7 Å². The van der Waals surface area contributed by atoms with E-state index in [1.54, 1.807) is 7.05 Å². The first kappa shape index (κ1) is 21.5. The molecule has 0 bridgehead atoms. The summed E-state index contributed by atoms with van der Waals surface area (Å²) in [5, 5.41) is 0.803. The number of H-pyrrole nitrogens is 1. The number of imidazole rings is 1. The molecule has 2 aromatic carbocycles. The lowest BCUT2D eigenvalue weighted by molar-refractivity contribution is -0.914. The number of aryl methyl sites for hydroxylation is 1. The lowest BCUT2D eigenvalue weighted by Crippen LogP contribution is -3.13. The zero-order chi connectivity index (χ0) is 22.9. The van der Waals surface area contributed by atoms with Crippen LogP contribution in [-0.4, -0.2) is 45.3 Å². The molecule has 170 valence electrons. The van der Waals surface area contributed by atoms with Crippen LogP contribution in [0.2, 0.25) is 5.02 Å². The summed E-state index contributed by atoms with van der Waals surface area (Å²) in [5.74, 6) is 0.720. The molecular formula is C24H26ClN6O2+. The Balaban J connectivity index is 1.46. The number of hydrogen-bond donors (Lipinski definition) is 2. The predicted octanol–water partition coefficient (Wildman–Crippen LogP) is 1.03. The van der Waals surface area contributed by atoms with Gasteiger partial charge in [0.25, 0.3) is 5.56 Å². The van der Waals surface area contributed by atoms with E-state index in [1.165, 1.54) is 9.47 Å². The average molecular weight is 466 g/mol. The molecule has 5 rings (SSSR count). The van der Waals surface area contributed by atoms with Gasteiger partial charge in [0.15, 0.2) is 11.2 Å². The molecule has 0 saturated carbocycles. The maximum atomic E-state index is 12.8. The molecule has 9 heteroatoms. The van der Waals surface area contributed by atoms with Gasteiger partial charge < -0.3 is 9.80 Å². The Morgan fingerprint density at radius 1 is 1.03 bits per heavy atom. The van der Waals surface area contributed by atoms with Crippen LogP contribution < -0.4 is 21.0 Å². The number of rotatable bonds is 5. The number of benzene rings is 2. The van der Waals surface area contributed by atoms with Crippen molar-refractivity contribution in [3.63, 3.8) is 0 Å². The molecule has 1 fully saturated rings. The fourth-order valence-electron chi connectivity index (χ4n) is 4.49. The number of anilines is 1. The van der Waals surface area contributed by atoms with Gasteiger partial charge in [-0.1, -0.05) is 60.1 Å². The molecule has 1 aliphatic heterocycles. The first-order valence-electron chi connectivity index (χ1n) is 11.1. The Kier molecular flexibility index (Phi) is 5.78. The quantitative estimate of drug-likeness (QED) is 0.461. The van der Waals surface area contributed by atoms with E-state index in [4.69, 9.17) is 16.6 Å². The van der Waals surface area contributed by atoms with E-state index in [9.17, 15) is 9.59 Å². The average Bonchev–Trinajstić information content (AvgIpc) is 3.20. The van der Waals surface area contributed by atoms with Crippen molar-refractivity contribution in [2.24, 2.45) is 7.05 Å². The monoisotopic (exact) mass is 465 g/mol. The third-order valence-electron chi connectivity index (χ3n) is 6.32. The lowest BCUT2D eigenvalue weighted by atomic mass is 10.2. The van der Waals surface area contributed by atoms with Crippen LogP contribution in [0, 0.1) is 0 Å². The van der Waals surface area contributed by atoms with Crippen molar-refractivity contribution in [3.05, 3.63) is 91.6 Å². The van der Waals surface area contributed by atoms with Crippen LogP contribution in [0.4, 0.5) is 5.95 Å². The van der Waals surface area contributed by atoms with Crippen LogP contribution in [0.25, 0.3) is 11.2 Å². The zero-order valence-corrected chi connectivity index (χ0v) is 19.2. The highest BCUT2D eigenvalue weighted by molar-refractivity contribution is 6.31. The number of nitrogens with one attached hydrogen (secondary N) is 2. The van der Waals surface area contributed by atoms with Gasteiger partial charge in [0.1, 0.15) is 6.54 Å². The van der Waals surface area contributed by atoms with E-state index in [0.717, 1.165) is 54.8 Å². The van der Waals surface area contributed by atoms with Gasteiger partial charge in [-0.25, -0.2) is 4.79 Å². The summed E-state index contributed by atoms with van der Waals surface area (Å²) in [6, 6.07) is 17.9. The van der Waals surface area contributed by atoms with Crippen LogP contribution >= 0.6 is 11.6 Å². The molecular weight excluding hydrogens is 440 g/mol. The first-order valence-corrected chi connectivity index (χ1v) is 11.4. The van der Waals surface area contributed by atoms with Gasteiger partial charge in [0.2, 0.25) is 5.95 Å². The number of nitrogens with zero attached hydrogens (tertiary/aromatic N) is 4. The first-order chi connectivity index (χ1) is 16.0. The fourth-order valence-corrected chi connectivity index (χ4v) is 4.69. The molecule has 4 aromatic rings. The molecule has 3 heterocycles. The van der Waals surface area contributed by atoms with Gasteiger partial charge in [0, 0.05) is 17.6 Å².